The van der Waals surface area contributed by atoms with E-state index < -0.39 is 33.7 Å². The molecule has 1 aliphatic heterocycles. The lowest BCUT2D eigenvalue weighted by atomic mass is 10.1. The van der Waals surface area contributed by atoms with Gasteiger partial charge < -0.3 is 10.2 Å². The molecular weight excluding hydrogens is 260 g/mol. The Morgan fingerprint density at radius 2 is 1.84 bits per heavy atom. The van der Waals surface area contributed by atoms with E-state index in [1.807, 2.05) is 0 Å². The molecule has 0 aliphatic carbocycles. The molecule has 1 fully saturated rings. The predicted octanol–water partition coefficient (Wildman–Crippen LogP) is 0.918. The fraction of sp³-hybridized carbons (Fsp3) is 0.364. The van der Waals surface area contributed by atoms with E-state index in [0.717, 1.165) is 0 Å². The van der Waals surface area contributed by atoms with Gasteiger partial charge in [-0.25, -0.2) is 8.78 Å². The summed E-state index contributed by atoms with van der Waals surface area (Å²) in [5.74, 6) is -3.28. The normalized spacial score (nSPS) is 15.4. The monoisotopic (exact) mass is 271 g/mol. The Hall–Kier alpha value is -2.09. The zero-order valence-corrected chi connectivity index (χ0v) is 9.86. The fourth-order valence-corrected chi connectivity index (χ4v) is 1.90. The van der Waals surface area contributed by atoms with Gasteiger partial charge in [0.2, 0.25) is 0 Å². The molecule has 0 saturated carbocycles. The Morgan fingerprint density at radius 3 is 2.42 bits per heavy atom. The third-order valence-electron chi connectivity index (χ3n) is 2.87. The lowest BCUT2D eigenvalue weighted by Gasteiger charge is -2.27. The Morgan fingerprint density at radius 1 is 1.26 bits per heavy atom. The molecule has 1 amide bonds. The van der Waals surface area contributed by atoms with Crippen molar-refractivity contribution in [2.75, 3.05) is 26.2 Å². The number of carbonyl (C=O) groups is 1. The zero-order chi connectivity index (χ0) is 14.0. The second-order valence-electron chi connectivity index (χ2n) is 4.08. The van der Waals surface area contributed by atoms with Crippen LogP contribution in [0.5, 0.6) is 0 Å². The number of carbonyl (C=O) groups excluding carboxylic acids is 1. The van der Waals surface area contributed by atoms with E-state index in [4.69, 9.17) is 0 Å². The van der Waals surface area contributed by atoms with Gasteiger partial charge in [-0.05, 0) is 6.07 Å². The molecule has 0 atom stereocenters. The minimum absolute atomic E-state index is 0.370. The summed E-state index contributed by atoms with van der Waals surface area (Å²) in [4.78, 5) is 23.4. The van der Waals surface area contributed by atoms with Crippen molar-refractivity contribution in [1.29, 1.82) is 0 Å². The van der Waals surface area contributed by atoms with Crippen LogP contribution in [0.2, 0.25) is 0 Å². The molecule has 0 unspecified atom stereocenters. The fourth-order valence-electron chi connectivity index (χ4n) is 1.90. The lowest BCUT2D eigenvalue weighted by Crippen LogP contribution is -2.46. The summed E-state index contributed by atoms with van der Waals surface area (Å²) < 4.78 is 26.2. The number of nitrogens with one attached hydrogen (secondary N) is 1. The van der Waals surface area contributed by atoms with Crippen LogP contribution in [0.1, 0.15) is 10.4 Å². The molecular formula is C11H11F2N3O3. The molecule has 8 heteroatoms. The van der Waals surface area contributed by atoms with E-state index in [1.54, 1.807) is 0 Å². The van der Waals surface area contributed by atoms with Gasteiger partial charge in [0.25, 0.3) is 11.6 Å². The molecule has 1 saturated heterocycles. The minimum Gasteiger partial charge on any atom is -0.336 e. The highest BCUT2D eigenvalue weighted by molar-refractivity contribution is 5.98. The number of piperazine rings is 1. The standard InChI is InChI=1S/C11H11F2N3O3/c12-8-5-7(10(16(18)19)6-9(8)13)11(17)15-3-1-14-2-4-15/h5-6,14H,1-4H2. The van der Waals surface area contributed by atoms with Crippen molar-refractivity contribution in [3.05, 3.63) is 39.4 Å². The summed E-state index contributed by atoms with van der Waals surface area (Å²) in [6.45, 7) is 1.86. The van der Waals surface area contributed by atoms with E-state index >= 15 is 0 Å². The molecule has 1 aromatic carbocycles. The van der Waals surface area contributed by atoms with Gasteiger partial charge in [-0.15, -0.1) is 0 Å². The Balaban J connectivity index is 2.39. The van der Waals surface area contributed by atoms with Crippen molar-refractivity contribution in [3.8, 4) is 0 Å². The van der Waals surface area contributed by atoms with Gasteiger partial charge in [0.05, 0.1) is 11.0 Å². The molecule has 1 heterocycles. The van der Waals surface area contributed by atoms with Crippen LogP contribution >= 0.6 is 0 Å². The number of nitro benzene ring substituents is 1. The Kier molecular flexibility index (Phi) is 3.70. The van der Waals surface area contributed by atoms with Crippen LogP contribution < -0.4 is 5.32 Å². The van der Waals surface area contributed by atoms with Gasteiger partial charge in [-0.2, -0.15) is 0 Å². The zero-order valence-electron chi connectivity index (χ0n) is 9.86. The topological polar surface area (TPSA) is 75.5 Å². The average Bonchev–Trinajstić information content (AvgIpc) is 2.41. The first-order valence-corrected chi connectivity index (χ1v) is 5.64. The highest BCUT2D eigenvalue weighted by Crippen LogP contribution is 2.23. The number of hydrogen-bond acceptors (Lipinski definition) is 4. The largest absolute Gasteiger partial charge is 0.336 e. The third kappa shape index (κ3) is 2.68. The number of nitrogens with zero attached hydrogens (tertiary/aromatic N) is 2. The van der Waals surface area contributed by atoms with Crippen LogP contribution in [-0.2, 0) is 0 Å². The third-order valence-corrected chi connectivity index (χ3v) is 2.87. The SMILES string of the molecule is O=C(c1cc(F)c(F)cc1[N+](=O)[O-])N1CCNCC1. The Bertz CT molecular complexity index is 530. The van der Waals surface area contributed by atoms with Gasteiger partial charge in [0.1, 0.15) is 5.56 Å². The number of rotatable bonds is 2. The predicted molar refractivity (Wildman–Crippen MR) is 61.8 cm³/mol. The molecule has 0 aromatic heterocycles. The number of hydrogen-bond donors (Lipinski definition) is 1. The number of nitro groups is 1. The van der Waals surface area contributed by atoms with Crippen molar-refractivity contribution < 1.29 is 18.5 Å². The molecule has 2 rings (SSSR count). The highest BCUT2D eigenvalue weighted by atomic mass is 19.2. The van der Waals surface area contributed by atoms with E-state index in [-0.39, 0.29) is 0 Å². The van der Waals surface area contributed by atoms with Gasteiger partial charge in [0.15, 0.2) is 11.6 Å². The lowest BCUT2D eigenvalue weighted by molar-refractivity contribution is -0.385. The Labute approximate surface area is 107 Å². The maximum Gasteiger partial charge on any atom is 0.285 e. The summed E-state index contributed by atoms with van der Waals surface area (Å²) in [6.07, 6.45) is 0. The summed E-state index contributed by atoms with van der Waals surface area (Å²) in [5.41, 5.74) is -1.15. The molecule has 1 aliphatic rings. The summed E-state index contributed by atoms with van der Waals surface area (Å²) in [7, 11) is 0. The molecule has 0 bridgehead atoms. The van der Waals surface area contributed by atoms with Crippen LogP contribution in [0.25, 0.3) is 0 Å². The molecule has 1 N–H and O–H groups in total. The minimum atomic E-state index is -1.34. The van der Waals surface area contributed by atoms with Crippen LogP contribution in [0.15, 0.2) is 12.1 Å². The molecule has 0 radical (unpaired) electrons. The molecule has 1 aromatic rings. The van der Waals surface area contributed by atoms with Crippen LogP contribution in [0, 0.1) is 21.7 Å². The first kappa shape index (κ1) is 13.3. The van der Waals surface area contributed by atoms with Crippen LogP contribution in [0.3, 0.4) is 0 Å². The van der Waals surface area contributed by atoms with E-state index in [2.05, 4.69) is 5.32 Å². The summed E-state index contributed by atoms with van der Waals surface area (Å²) >= 11 is 0. The molecule has 19 heavy (non-hydrogen) atoms. The first-order chi connectivity index (χ1) is 9.00. The van der Waals surface area contributed by atoms with Gasteiger partial charge in [-0.1, -0.05) is 0 Å². The number of benzene rings is 1. The molecule has 6 nitrogen and oxygen atoms in total. The molecule has 0 spiro atoms. The summed E-state index contributed by atoms with van der Waals surface area (Å²) in [5, 5.41) is 13.8. The first-order valence-electron chi connectivity index (χ1n) is 5.64. The second kappa shape index (κ2) is 5.27. The van der Waals surface area contributed by atoms with Gasteiger partial charge in [0, 0.05) is 26.2 Å². The number of halogens is 2. The van der Waals surface area contributed by atoms with Crippen molar-refractivity contribution >= 4 is 11.6 Å². The smallest absolute Gasteiger partial charge is 0.285 e. The van der Waals surface area contributed by atoms with Crippen molar-refractivity contribution in [1.82, 2.24) is 10.2 Å². The maximum absolute atomic E-state index is 13.2. The second-order valence-corrected chi connectivity index (χ2v) is 4.08. The quantitative estimate of drug-likeness (QED) is 0.641. The van der Waals surface area contributed by atoms with Gasteiger partial charge >= 0.3 is 0 Å². The van der Waals surface area contributed by atoms with Crippen molar-refractivity contribution in [2.45, 2.75) is 0 Å². The average molecular weight is 271 g/mol. The van der Waals surface area contributed by atoms with E-state index in [1.165, 1.54) is 4.90 Å². The van der Waals surface area contributed by atoms with E-state index in [0.29, 0.717) is 38.3 Å². The highest BCUT2D eigenvalue weighted by Gasteiger charge is 2.28. The van der Waals surface area contributed by atoms with Gasteiger partial charge in [-0.3, -0.25) is 14.9 Å². The van der Waals surface area contributed by atoms with Crippen LogP contribution in [0.4, 0.5) is 14.5 Å². The maximum atomic E-state index is 13.2. The van der Waals surface area contributed by atoms with Crippen molar-refractivity contribution in [2.24, 2.45) is 0 Å². The van der Waals surface area contributed by atoms with Crippen LogP contribution in [-0.4, -0.2) is 41.9 Å². The summed E-state index contributed by atoms with van der Waals surface area (Å²) in [6, 6.07) is 1.02. The molecule has 102 valence electrons. The van der Waals surface area contributed by atoms with E-state index in [9.17, 15) is 23.7 Å². The van der Waals surface area contributed by atoms with Crippen molar-refractivity contribution in [3.63, 3.8) is 0 Å². The number of amides is 1.